The van der Waals surface area contributed by atoms with Crippen LogP contribution in [-0.2, 0) is 0 Å². The Bertz CT molecular complexity index is 726. The minimum absolute atomic E-state index is 0.140. The summed E-state index contributed by atoms with van der Waals surface area (Å²) in [7, 11) is 0. The maximum absolute atomic E-state index is 13.6. The van der Waals surface area contributed by atoms with Gasteiger partial charge in [-0.15, -0.1) is 0 Å². The van der Waals surface area contributed by atoms with Crippen LogP contribution in [0.3, 0.4) is 0 Å². The first-order valence-corrected chi connectivity index (χ1v) is 6.06. The number of benzene rings is 1. The van der Waals surface area contributed by atoms with Crippen LogP contribution in [0.4, 0.5) is 14.5 Å². The van der Waals surface area contributed by atoms with Gasteiger partial charge in [-0.25, -0.2) is 13.8 Å². The molecule has 3 rings (SSSR count). The van der Waals surface area contributed by atoms with Crippen molar-refractivity contribution in [2.75, 3.05) is 5.73 Å². The summed E-state index contributed by atoms with van der Waals surface area (Å²) in [6.07, 6.45) is 4.76. The summed E-state index contributed by atoms with van der Waals surface area (Å²) in [4.78, 5) is 15.8. The Morgan fingerprint density at radius 3 is 2.75 bits per heavy atom. The number of rotatable bonds is 3. The van der Waals surface area contributed by atoms with E-state index in [2.05, 4.69) is 4.98 Å². The van der Waals surface area contributed by atoms with Gasteiger partial charge in [0.2, 0.25) is 0 Å². The zero-order valence-electron chi connectivity index (χ0n) is 10.3. The first-order chi connectivity index (χ1) is 9.56. The molecule has 0 amide bonds. The molecule has 7 heteroatoms. The topological polar surface area (TPSA) is 70.1 Å². The molecule has 20 heavy (non-hydrogen) atoms. The predicted molar refractivity (Wildman–Crippen MR) is 67.6 cm³/mol. The molecule has 0 unspecified atom stereocenters. The maximum Gasteiger partial charge on any atom is 0.313 e. The average molecular weight is 279 g/mol. The van der Waals surface area contributed by atoms with Crippen LogP contribution in [0.25, 0.3) is 0 Å². The number of halogens is 2. The molecule has 5 nitrogen and oxygen atoms in total. The van der Waals surface area contributed by atoms with Gasteiger partial charge in [-0.2, -0.15) is 0 Å². The molecule has 2 N–H and O–H groups in total. The molecular formula is C13H11F2N3O2. The minimum Gasteiger partial charge on any atom is -0.431 e. The Hall–Kier alpha value is -2.44. The lowest BCUT2D eigenvalue weighted by atomic mass is 10.3. The first kappa shape index (κ1) is 12.6. The highest BCUT2D eigenvalue weighted by Crippen LogP contribution is 2.33. The molecule has 1 heterocycles. The Labute approximate surface area is 112 Å². The van der Waals surface area contributed by atoms with E-state index in [-0.39, 0.29) is 17.6 Å². The van der Waals surface area contributed by atoms with Crippen molar-refractivity contribution >= 4 is 5.69 Å². The van der Waals surface area contributed by atoms with E-state index in [1.807, 2.05) is 0 Å². The number of anilines is 1. The number of hydrogen-bond donors (Lipinski definition) is 1. The maximum atomic E-state index is 13.6. The average Bonchev–Trinajstić information content (AvgIpc) is 3.22. The van der Waals surface area contributed by atoms with Crippen molar-refractivity contribution in [1.82, 2.24) is 9.55 Å². The molecule has 1 aliphatic carbocycles. The summed E-state index contributed by atoms with van der Waals surface area (Å²) in [6, 6.07) is 1.73. The molecule has 0 atom stereocenters. The summed E-state index contributed by atoms with van der Waals surface area (Å²) in [5, 5.41) is 0. The Morgan fingerprint density at radius 1 is 1.30 bits per heavy atom. The molecular weight excluding hydrogens is 268 g/mol. The van der Waals surface area contributed by atoms with Crippen LogP contribution in [0, 0.1) is 11.6 Å². The standard InChI is InChI=1S/C13H11F2N3O2/c14-8-6-11(9(15)5-10(8)16)20-12-13(19)18(4-3-17-12)7-1-2-7/h3-7H,1-2,16H2. The van der Waals surface area contributed by atoms with Gasteiger partial charge < -0.3 is 15.0 Å². The fraction of sp³-hybridized carbons (Fsp3) is 0.231. The molecule has 1 aromatic heterocycles. The highest BCUT2D eigenvalue weighted by Gasteiger charge is 2.26. The van der Waals surface area contributed by atoms with Crippen molar-refractivity contribution in [3.63, 3.8) is 0 Å². The molecule has 1 fully saturated rings. The van der Waals surface area contributed by atoms with Crippen LogP contribution in [0.2, 0.25) is 0 Å². The van der Waals surface area contributed by atoms with Gasteiger partial charge in [0.1, 0.15) is 5.82 Å². The molecule has 0 spiro atoms. The molecule has 104 valence electrons. The van der Waals surface area contributed by atoms with E-state index in [0.29, 0.717) is 0 Å². The molecule has 0 radical (unpaired) electrons. The van der Waals surface area contributed by atoms with Gasteiger partial charge >= 0.3 is 5.56 Å². The Balaban J connectivity index is 1.97. The lowest BCUT2D eigenvalue weighted by Gasteiger charge is -2.08. The summed E-state index contributed by atoms with van der Waals surface area (Å²) < 4.78 is 33.5. The summed E-state index contributed by atoms with van der Waals surface area (Å²) in [5.41, 5.74) is 4.44. The molecule has 1 saturated carbocycles. The molecule has 1 aliphatic rings. The zero-order chi connectivity index (χ0) is 14.3. The quantitative estimate of drug-likeness (QED) is 0.875. The Kier molecular flexibility index (Phi) is 2.89. The van der Waals surface area contributed by atoms with E-state index in [0.717, 1.165) is 25.0 Å². The number of ether oxygens (including phenoxy) is 1. The van der Waals surface area contributed by atoms with Crippen molar-refractivity contribution in [2.24, 2.45) is 0 Å². The largest absolute Gasteiger partial charge is 0.431 e. The Morgan fingerprint density at radius 2 is 2.05 bits per heavy atom. The van der Waals surface area contributed by atoms with Gasteiger partial charge in [0, 0.05) is 30.6 Å². The van der Waals surface area contributed by atoms with E-state index >= 15 is 0 Å². The summed E-state index contributed by atoms with van der Waals surface area (Å²) in [6.45, 7) is 0. The van der Waals surface area contributed by atoms with Crippen LogP contribution in [0.5, 0.6) is 11.6 Å². The molecule has 0 saturated heterocycles. The highest BCUT2D eigenvalue weighted by molar-refractivity contribution is 5.45. The van der Waals surface area contributed by atoms with E-state index in [4.69, 9.17) is 10.5 Å². The minimum atomic E-state index is -0.855. The second-order valence-corrected chi connectivity index (χ2v) is 4.58. The van der Waals surface area contributed by atoms with Crippen LogP contribution >= 0.6 is 0 Å². The number of aromatic nitrogens is 2. The van der Waals surface area contributed by atoms with Crippen molar-refractivity contribution < 1.29 is 13.5 Å². The van der Waals surface area contributed by atoms with E-state index in [1.165, 1.54) is 10.8 Å². The number of hydrogen-bond acceptors (Lipinski definition) is 4. The fourth-order valence-electron chi connectivity index (χ4n) is 1.84. The number of nitrogens with two attached hydrogens (primary N) is 1. The van der Waals surface area contributed by atoms with Gasteiger partial charge in [0.05, 0.1) is 5.69 Å². The SMILES string of the molecule is Nc1cc(F)c(Oc2nccn(C3CC3)c2=O)cc1F. The second-order valence-electron chi connectivity index (χ2n) is 4.58. The second kappa shape index (κ2) is 4.59. The molecule has 0 aliphatic heterocycles. The first-order valence-electron chi connectivity index (χ1n) is 6.06. The van der Waals surface area contributed by atoms with E-state index in [1.54, 1.807) is 6.20 Å². The normalized spacial score (nSPS) is 14.3. The van der Waals surface area contributed by atoms with Crippen LogP contribution in [0.1, 0.15) is 18.9 Å². The fourth-order valence-corrected chi connectivity index (χ4v) is 1.84. The number of nitrogens with zero attached hydrogens (tertiary/aromatic N) is 2. The zero-order valence-corrected chi connectivity index (χ0v) is 10.3. The summed E-state index contributed by atoms with van der Waals surface area (Å²) >= 11 is 0. The van der Waals surface area contributed by atoms with Crippen molar-refractivity contribution in [3.8, 4) is 11.6 Å². The van der Waals surface area contributed by atoms with E-state index < -0.39 is 22.9 Å². The van der Waals surface area contributed by atoms with Crippen LogP contribution < -0.4 is 16.0 Å². The third-order valence-electron chi connectivity index (χ3n) is 3.03. The highest BCUT2D eigenvalue weighted by atomic mass is 19.1. The predicted octanol–water partition coefficient (Wildman–Crippen LogP) is 2.23. The monoisotopic (exact) mass is 279 g/mol. The third-order valence-corrected chi connectivity index (χ3v) is 3.03. The van der Waals surface area contributed by atoms with Gasteiger partial charge in [-0.05, 0) is 12.8 Å². The van der Waals surface area contributed by atoms with Gasteiger partial charge in [0.25, 0.3) is 5.88 Å². The van der Waals surface area contributed by atoms with Crippen molar-refractivity contribution in [2.45, 2.75) is 18.9 Å². The smallest absolute Gasteiger partial charge is 0.313 e. The van der Waals surface area contributed by atoms with Crippen LogP contribution in [-0.4, -0.2) is 9.55 Å². The molecule has 0 bridgehead atoms. The van der Waals surface area contributed by atoms with Gasteiger partial charge in [-0.3, -0.25) is 4.79 Å². The van der Waals surface area contributed by atoms with Gasteiger partial charge in [0.15, 0.2) is 11.6 Å². The molecule has 1 aromatic carbocycles. The lowest BCUT2D eigenvalue weighted by molar-refractivity contribution is 0.410. The molecule has 2 aromatic rings. The van der Waals surface area contributed by atoms with Gasteiger partial charge in [-0.1, -0.05) is 0 Å². The van der Waals surface area contributed by atoms with Crippen LogP contribution in [0.15, 0.2) is 29.3 Å². The van der Waals surface area contributed by atoms with Crippen molar-refractivity contribution in [1.29, 1.82) is 0 Å². The summed E-state index contributed by atoms with van der Waals surface area (Å²) in [5.74, 6) is -2.39. The van der Waals surface area contributed by atoms with E-state index in [9.17, 15) is 13.6 Å². The lowest BCUT2D eigenvalue weighted by Crippen LogP contribution is -2.20. The third kappa shape index (κ3) is 2.22. The van der Waals surface area contributed by atoms with Crippen molar-refractivity contribution in [3.05, 3.63) is 46.5 Å². The number of nitrogen functional groups attached to an aromatic ring is 1.